The molecular formula is C14H20N2O6S2. The number of ether oxygens (including phenoxy) is 2. The molecule has 0 aromatic heterocycles. The summed E-state index contributed by atoms with van der Waals surface area (Å²) in [5.74, 6) is -0.158. The molecule has 3 rings (SSSR count). The van der Waals surface area contributed by atoms with E-state index in [1.165, 1.54) is 11.2 Å². The highest BCUT2D eigenvalue weighted by atomic mass is 32.2. The average Bonchev–Trinajstić information content (AvgIpc) is 3.10. The number of rotatable bonds is 6. The zero-order valence-electron chi connectivity index (χ0n) is 13.3. The highest BCUT2D eigenvalue weighted by Crippen LogP contribution is 2.43. The first-order chi connectivity index (χ1) is 11.3. The van der Waals surface area contributed by atoms with Gasteiger partial charge in [0.15, 0.2) is 11.5 Å². The Morgan fingerprint density at radius 1 is 1.17 bits per heavy atom. The van der Waals surface area contributed by atoms with Crippen molar-refractivity contribution in [1.29, 1.82) is 0 Å². The predicted octanol–water partition coefficient (Wildman–Crippen LogP) is 0.129. The number of sulfonamides is 2. The van der Waals surface area contributed by atoms with E-state index in [1.54, 1.807) is 12.1 Å². The molecule has 2 aliphatic heterocycles. The van der Waals surface area contributed by atoms with Gasteiger partial charge < -0.3 is 9.47 Å². The molecule has 1 fully saturated rings. The zero-order valence-corrected chi connectivity index (χ0v) is 14.9. The van der Waals surface area contributed by atoms with Crippen molar-refractivity contribution in [3.8, 4) is 11.5 Å². The first-order valence-electron chi connectivity index (χ1n) is 7.67. The molecule has 0 radical (unpaired) electrons. The molecule has 0 atom stereocenters. The Hall–Kier alpha value is -1.36. The van der Waals surface area contributed by atoms with Crippen LogP contribution in [0.1, 0.15) is 13.3 Å². The molecule has 0 amide bonds. The summed E-state index contributed by atoms with van der Waals surface area (Å²) in [6.45, 7) is 1.71. The van der Waals surface area contributed by atoms with Gasteiger partial charge in [-0.15, -0.1) is 0 Å². The van der Waals surface area contributed by atoms with E-state index < -0.39 is 25.8 Å². The summed E-state index contributed by atoms with van der Waals surface area (Å²) in [5, 5.41) is 0. The molecule has 1 saturated heterocycles. The largest absolute Gasteiger partial charge is 0.447 e. The summed E-state index contributed by atoms with van der Waals surface area (Å²) in [7, 11) is -7.00. The molecule has 1 spiro atoms. The third-order valence-electron chi connectivity index (χ3n) is 4.06. The van der Waals surface area contributed by atoms with Crippen molar-refractivity contribution in [3.05, 3.63) is 24.3 Å². The summed E-state index contributed by atoms with van der Waals surface area (Å²) in [5.41, 5.74) is 0. The van der Waals surface area contributed by atoms with Crippen LogP contribution in [0.15, 0.2) is 24.3 Å². The minimum Gasteiger partial charge on any atom is -0.447 e. The normalized spacial score (nSPS) is 19.9. The Labute approximate surface area is 141 Å². The lowest BCUT2D eigenvalue weighted by Crippen LogP contribution is -2.44. The number of benzene rings is 1. The zero-order chi connectivity index (χ0) is 17.4. The lowest BCUT2D eigenvalue weighted by Gasteiger charge is -2.23. The van der Waals surface area contributed by atoms with E-state index in [0.717, 1.165) is 0 Å². The highest BCUT2D eigenvalue weighted by Gasteiger charge is 2.50. The van der Waals surface area contributed by atoms with Crippen LogP contribution >= 0.6 is 0 Å². The summed E-state index contributed by atoms with van der Waals surface area (Å²) >= 11 is 0. The molecular weight excluding hydrogens is 356 g/mol. The Morgan fingerprint density at radius 3 is 2.38 bits per heavy atom. The molecule has 8 nitrogen and oxygen atoms in total. The van der Waals surface area contributed by atoms with Crippen molar-refractivity contribution < 1.29 is 26.3 Å². The van der Waals surface area contributed by atoms with Gasteiger partial charge in [0.1, 0.15) is 0 Å². The number of nitrogens with one attached hydrogen (secondary N) is 1. The molecule has 1 aromatic carbocycles. The average molecular weight is 376 g/mol. The maximum Gasteiger partial charge on any atom is 0.266 e. The van der Waals surface area contributed by atoms with E-state index in [2.05, 4.69) is 4.72 Å². The van der Waals surface area contributed by atoms with Gasteiger partial charge in [-0.3, -0.25) is 0 Å². The van der Waals surface area contributed by atoms with Crippen LogP contribution in [0.5, 0.6) is 11.5 Å². The van der Waals surface area contributed by atoms with Crippen molar-refractivity contribution >= 4 is 20.0 Å². The molecule has 0 bridgehead atoms. The maximum absolute atomic E-state index is 12.4. The fourth-order valence-corrected chi connectivity index (χ4v) is 4.85. The van der Waals surface area contributed by atoms with Crippen molar-refractivity contribution in [3.63, 3.8) is 0 Å². The molecule has 0 aliphatic carbocycles. The SMILES string of the molecule is CCS(=O)(=O)NCCS(=O)(=O)N1CCC2(C1)Oc1ccccc1O2. The fraction of sp³-hybridized carbons (Fsp3) is 0.571. The second kappa shape index (κ2) is 6.17. The van der Waals surface area contributed by atoms with E-state index in [1.807, 2.05) is 12.1 Å². The van der Waals surface area contributed by atoms with Crippen molar-refractivity contribution in [2.75, 3.05) is 31.1 Å². The van der Waals surface area contributed by atoms with Gasteiger partial charge >= 0.3 is 0 Å². The van der Waals surface area contributed by atoms with Gasteiger partial charge in [0.25, 0.3) is 5.79 Å². The van der Waals surface area contributed by atoms with E-state index in [4.69, 9.17) is 9.47 Å². The minimum absolute atomic E-state index is 0.0835. The van der Waals surface area contributed by atoms with Gasteiger partial charge in [0.2, 0.25) is 20.0 Å². The van der Waals surface area contributed by atoms with Gasteiger partial charge in [-0.1, -0.05) is 12.1 Å². The first kappa shape index (κ1) is 17.5. The predicted molar refractivity (Wildman–Crippen MR) is 87.9 cm³/mol. The quantitative estimate of drug-likeness (QED) is 0.757. The topological polar surface area (TPSA) is 102 Å². The van der Waals surface area contributed by atoms with Gasteiger partial charge in [-0.25, -0.2) is 21.6 Å². The van der Waals surface area contributed by atoms with Crippen LogP contribution in [0.25, 0.3) is 0 Å². The van der Waals surface area contributed by atoms with Gasteiger partial charge in [0, 0.05) is 19.5 Å². The summed E-state index contributed by atoms with van der Waals surface area (Å²) in [6, 6.07) is 7.20. The van der Waals surface area contributed by atoms with E-state index >= 15 is 0 Å². The van der Waals surface area contributed by atoms with E-state index in [0.29, 0.717) is 17.9 Å². The van der Waals surface area contributed by atoms with Crippen molar-refractivity contribution in [2.45, 2.75) is 19.1 Å². The van der Waals surface area contributed by atoms with Crippen LogP contribution < -0.4 is 14.2 Å². The number of para-hydroxylation sites is 2. The molecule has 2 heterocycles. The smallest absolute Gasteiger partial charge is 0.266 e. The molecule has 10 heteroatoms. The number of hydrogen-bond donors (Lipinski definition) is 1. The number of hydrogen-bond acceptors (Lipinski definition) is 6. The maximum atomic E-state index is 12.4. The van der Waals surface area contributed by atoms with Crippen LogP contribution in [0.2, 0.25) is 0 Å². The lowest BCUT2D eigenvalue weighted by molar-refractivity contribution is -0.0633. The van der Waals surface area contributed by atoms with Gasteiger partial charge in [-0.2, -0.15) is 4.31 Å². The van der Waals surface area contributed by atoms with Crippen LogP contribution in [-0.2, 0) is 20.0 Å². The third-order valence-corrected chi connectivity index (χ3v) is 7.28. The molecule has 0 unspecified atom stereocenters. The third kappa shape index (κ3) is 3.51. The van der Waals surface area contributed by atoms with Crippen LogP contribution in [0.3, 0.4) is 0 Å². The monoisotopic (exact) mass is 376 g/mol. The molecule has 0 saturated carbocycles. The van der Waals surface area contributed by atoms with Crippen molar-refractivity contribution in [2.24, 2.45) is 0 Å². The van der Waals surface area contributed by atoms with Gasteiger partial charge in [0.05, 0.1) is 18.1 Å². The minimum atomic E-state index is -3.60. The first-order valence-corrected chi connectivity index (χ1v) is 10.9. The highest BCUT2D eigenvalue weighted by molar-refractivity contribution is 7.90. The molecule has 1 aromatic rings. The number of nitrogens with zero attached hydrogens (tertiary/aromatic N) is 1. The number of fused-ring (bicyclic) bond motifs is 1. The summed E-state index contributed by atoms with van der Waals surface area (Å²) in [4.78, 5) is 0. The van der Waals surface area contributed by atoms with E-state index in [-0.39, 0.29) is 31.1 Å². The second-order valence-corrected chi connectivity index (χ2v) is 9.94. The van der Waals surface area contributed by atoms with Crippen LogP contribution in [0, 0.1) is 0 Å². The van der Waals surface area contributed by atoms with Crippen molar-refractivity contribution in [1.82, 2.24) is 9.03 Å². The second-order valence-electron chi connectivity index (χ2n) is 5.76. The Kier molecular flexibility index (Phi) is 4.49. The molecule has 1 N–H and O–H groups in total. The van der Waals surface area contributed by atoms with Crippen LogP contribution in [0.4, 0.5) is 0 Å². The Bertz CT molecular complexity index is 796. The summed E-state index contributed by atoms with van der Waals surface area (Å²) in [6.07, 6.45) is 0.418. The lowest BCUT2D eigenvalue weighted by atomic mass is 10.2. The van der Waals surface area contributed by atoms with E-state index in [9.17, 15) is 16.8 Å². The van der Waals surface area contributed by atoms with Crippen LogP contribution in [-0.4, -0.2) is 58.1 Å². The Morgan fingerprint density at radius 2 is 1.79 bits per heavy atom. The molecule has 24 heavy (non-hydrogen) atoms. The Balaban J connectivity index is 1.61. The molecule has 2 aliphatic rings. The standard InChI is InChI=1S/C14H20N2O6S2/c1-2-23(17,18)15-8-10-24(19,20)16-9-7-14(11-16)21-12-5-3-4-6-13(12)22-14/h3-6,15H,2,7-11H2,1H3. The van der Waals surface area contributed by atoms with Gasteiger partial charge in [-0.05, 0) is 19.1 Å². The fourth-order valence-electron chi connectivity index (χ4n) is 2.72. The molecule has 134 valence electrons. The summed E-state index contributed by atoms with van der Waals surface area (Å²) < 4.78 is 62.7.